The van der Waals surface area contributed by atoms with Crippen LogP contribution in [0.25, 0.3) is 0 Å². The van der Waals surface area contributed by atoms with E-state index < -0.39 is 39.2 Å². The lowest BCUT2D eigenvalue weighted by atomic mass is 9.61. The van der Waals surface area contributed by atoms with E-state index in [0.29, 0.717) is 18.6 Å². The van der Waals surface area contributed by atoms with Crippen molar-refractivity contribution in [2.45, 2.75) is 91.6 Å². The van der Waals surface area contributed by atoms with Gasteiger partial charge < -0.3 is 14.9 Å². The van der Waals surface area contributed by atoms with Crippen LogP contribution >= 0.6 is 11.8 Å². The average molecular weight is 467 g/mol. The van der Waals surface area contributed by atoms with Crippen LogP contribution in [0, 0.1) is 31.6 Å². The number of aliphatic carboxylic acids is 2. The van der Waals surface area contributed by atoms with Gasteiger partial charge in [-0.25, -0.2) is 0 Å². The van der Waals surface area contributed by atoms with Gasteiger partial charge in [0.25, 0.3) is 0 Å². The Bertz CT molecular complexity index is 850. The number of aryl methyl sites for hydroxylation is 3. The van der Waals surface area contributed by atoms with Crippen molar-refractivity contribution in [1.29, 1.82) is 0 Å². The van der Waals surface area contributed by atoms with Crippen molar-refractivity contribution >= 4 is 29.7 Å². The quantitative estimate of drug-likeness (QED) is 0.314. The lowest BCUT2D eigenvalue weighted by Gasteiger charge is -2.46. The maximum Gasteiger partial charge on any atom is 0.317 e. The summed E-state index contributed by atoms with van der Waals surface area (Å²) in [4.78, 5) is 36.4. The lowest BCUT2D eigenvalue weighted by Crippen LogP contribution is -2.48. The van der Waals surface area contributed by atoms with E-state index in [9.17, 15) is 19.5 Å². The molecular weight excluding hydrogens is 428 g/mol. The molecule has 0 spiro atoms. The van der Waals surface area contributed by atoms with Crippen molar-refractivity contribution in [2.24, 2.45) is 10.8 Å². The van der Waals surface area contributed by atoms with Crippen LogP contribution in [0.5, 0.6) is 5.75 Å². The van der Waals surface area contributed by atoms with E-state index in [1.165, 1.54) is 0 Å². The Hall–Kier alpha value is -2.02. The zero-order valence-electron chi connectivity index (χ0n) is 20.8. The number of carboxylic acid groups (broad SMARTS) is 2. The van der Waals surface area contributed by atoms with E-state index in [0.717, 1.165) is 28.5 Å². The molecule has 180 valence electrons. The SMILES string of the molecule is CCC(C)(C)C(C)(CC(C)(C)SC(CC(=O)O)C(=O)O)C(=O)Oc1c(C)cc(C)cc1C. The molecule has 0 heterocycles. The second-order valence-corrected chi connectivity index (χ2v) is 12.1. The van der Waals surface area contributed by atoms with Crippen LogP contribution in [0.1, 0.15) is 77.5 Å². The number of thioether (sulfide) groups is 1. The number of hydrogen-bond donors (Lipinski definition) is 2. The normalized spacial score (nSPS) is 15.0. The van der Waals surface area contributed by atoms with Gasteiger partial charge in [-0.15, -0.1) is 11.8 Å². The van der Waals surface area contributed by atoms with Gasteiger partial charge in [0.15, 0.2) is 0 Å². The molecule has 0 aliphatic rings. The first-order valence-corrected chi connectivity index (χ1v) is 11.8. The minimum atomic E-state index is -1.17. The number of benzene rings is 1. The number of carbonyl (C=O) groups excluding carboxylic acids is 1. The second kappa shape index (κ2) is 10.3. The van der Waals surface area contributed by atoms with Crippen LogP contribution in [0.3, 0.4) is 0 Å². The first-order chi connectivity index (χ1) is 14.5. The summed E-state index contributed by atoms with van der Waals surface area (Å²) in [5.74, 6) is -2.14. The first kappa shape index (κ1) is 28.0. The Morgan fingerprint density at radius 2 is 1.50 bits per heavy atom. The molecule has 0 aromatic heterocycles. The van der Waals surface area contributed by atoms with Crippen LogP contribution in [0.4, 0.5) is 0 Å². The Labute approximate surface area is 196 Å². The highest BCUT2D eigenvalue weighted by Crippen LogP contribution is 2.51. The van der Waals surface area contributed by atoms with Gasteiger partial charge in [0.2, 0.25) is 0 Å². The van der Waals surface area contributed by atoms with Crippen molar-refractivity contribution < 1.29 is 29.3 Å². The number of carboxylic acids is 2. The van der Waals surface area contributed by atoms with E-state index >= 15 is 0 Å². The Balaban J connectivity index is 3.33. The Kier molecular flexibility index (Phi) is 9.00. The van der Waals surface area contributed by atoms with E-state index in [2.05, 4.69) is 0 Å². The van der Waals surface area contributed by atoms with Gasteiger partial charge in [-0.3, -0.25) is 14.4 Å². The molecule has 0 fully saturated rings. The standard InChI is InChI=1S/C25H38O6S/c1-10-23(5,6)25(9,14-24(7,8)32-18(21(28)29)13-19(26)27)22(30)31-20-16(3)11-15(2)12-17(20)4/h11-12,18H,10,13-14H2,1-9H3,(H,26,27)(H,28,29). The molecule has 32 heavy (non-hydrogen) atoms. The number of ether oxygens (including phenoxy) is 1. The predicted octanol–water partition coefficient (Wildman–Crippen LogP) is 5.79. The summed E-state index contributed by atoms with van der Waals surface area (Å²) in [5.41, 5.74) is 1.48. The average Bonchev–Trinajstić information content (AvgIpc) is 2.62. The lowest BCUT2D eigenvalue weighted by molar-refractivity contribution is -0.154. The smallest absolute Gasteiger partial charge is 0.317 e. The molecule has 0 saturated heterocycles. The minimum Gasteiger partial charge on any atom is -0.481 e. The second-order valence-electron chi connectivity index (χ2n) is 10.2. The fourth-order valence-electron chi connectivity index (χ4n) is 4.13. The summed E-state index contributed by atoms with van der Waals surface area (Å²) < 4.78 is 5.30. The van der Waals surface area contributed by atoms with Crippen molar-refractivity contribution in [3.63, 3.8) is 0 Å². The molecule has 1 rings (SSSR count). The summed E-state index contributed by atoms with van der Waals surface area (Å²) in [6.45, 7) is 17.4. The van der Waals surface area contributed by atoms with Gasteiger partial charge in [0.05, 0.1) is 11.8 Å². The Morgan fingerprint density at radius 1 is 1.00 bits per heavy atom. The van der Waals surface area contributed by atoms with Crippen LogP contribution in [-0.2, 0) is 14.4 Å². The molecule has 1 aromatic carbocycles. The fourth-order valence-corrected chi connectivity index (χ4v) is 5.60. The van der Waals surface area contributed by atoms with Crippen molar-refractivity contribution in [3.8, 4) is 5.75 Å². The highest BCUT2D eigenvalue weighted by molar-refractivity contribution is 8.01. The number of esters is 1. The van der Waals surface area contributed by atoms with E-state index in [-0.39, 0.29) is 5.97 Å². The number of rotatable bonds is 11. The summed E-state index contributed by atoms with van der Waals surface area (Å²) in [5, 5.41) is 17.5. The molecule has 0 radical (unpaired) electrons. The molecular formula is C25H38O6S. The molecule has 2 unspecified atom stereocenters. The molecule has 0 saturated carbocycles. The van der Waals surface area contributed by atoms with Crippen LogP contribution in [-0.4, -0.2) is 38.1 Å². The van der Waals surface area contributed by atoms with Gasteiger partial charge in [0, 0.05) is 4.75 Å². The molecule has 0 aliphatic carbocycles. The van der Waals surface area contributed by atoms with Crippen molar-refractivity contribution in [2.75, 3.05) is 0 Å². The van der Waals surface area contributed by atoms with Gasteiger partial charge >= 0.3 is 17.9 Å². The molecule has 0 amide bonds. The fraction of sp³-hybridized carbons (Fsp3) is 0.640. The molecule has 1 aromatic rings. The molecule has 6 nitrogen and oxygen atoms in total. The maximum absolute atomic E-state index is 13.7. The third-order valence-electron chi connectivity index (χ3n) is 6.50. The molecule has 0 aliphatic heterocycles. The summed E-state index contributed by atoms with van der Waals surface area (Å²) >= 11 is 1.08. The molecule has 7 heteroatoms. The topological polar surface area (TPSA) is 101 Å². The van der Waals surface area contributed by atoms with Gasteiger partial charge in [-0.1, -0.05) is 52.3 Å². The zero-order valence-corrected chi connectivity index (χ0v) is 21.6. The maximum atomic E-state index is 13.7. The van der Waals surface area contributed by atoms with E-state index in [1.807, 2.05) is 74.4 Å². The first-order valence-electron chi connectivity index (χ1n) is 10.9. The van der Waals surface area contributed by atoms with Crippen molar-refractivity contribution in [1.82, 2.24) is 0 Å². The molecule has 2 atom stereocenters. The number of carbonyl (C=O) groups is 3. The summed E-state index contributed by atoms with van der Waals surface area (Å²) in [7, 11) is 0. The van der Waals surface area contributed by atoms with Crippen LogP contribution in [0.2, 0.25) is 0 Å². The van der Waals surface area contributed by atoms with Gasteiger partial charge in [-0.05, 0) is 57.1 Å². The van der Waals surface area contributed by atoms with E-state index in [4.69, 9.17) is 9.84 Å². The Morgan fingerprint density at radius 3 is 1.91 bits per heavy atom. The largest absolute Gasteiger partial charge is 0.481 e. The van der Waals surface area contributed by atoms with Gasteiger partial charge in [0.1, 0.15) is 11.0 Å². The van der Waals surface area contributed by atoms with Crippen molar-refractivity contribution in [3.05, 3.63) is 28.8 Å². The monoisotopic (exact) mass is 466 g/mol. The van der Waals surface area contributed by atoms with Gasteiger partial charge in [-0.2, -0.15) is 0 Å². The van der Waals surface area contributed by atoms with Crippen LogP contribution < -0.4 is 4.74 Å². The minimum absolute atomic E-state index is 0.331. The highest BCUT2D eigenvalue weighted by Gasteiger charge is 2.51. The zero-order chi connectivity index (χ0) is 25.1. The highest BCUT2D eigenvalue weighted by atomic mass is 32.2. The third kappa shape index (κ3) is 6.74. The summed E-state index contributed by atoms with van der Waals surface area (Å²) in [6, 6.07) is 3.95. The summed E-state index contributed by atoms with van der Waals surface area (Å²) in [6.07, 6.45) is 0.559. The molecule has 2 N–H and O–H groups in total. The van der Waals surface area contributed by atoms with Crippen LogP contribution in [0.15, 0.2) is 12.1 Å². The molecule has 0 bridgehead atoms. The third-order valence-corrected chi connectivity index (χ3v) is 7.94. The van der Waals surface area contributed by atoms with E-state index in [1.54, 1.807) is 0 Å². The predicted molar refractivity (Wildman–Crippen MR) is 128 cm³/mol. The number of hydrogen-bond acceptors (Lipinski definition) is 5.